The van der Waals surface area contributed by atoms with Crippen molar-refractivity contribution in [1.29, 1.82) is 0 Å². The third-order valence-electron chi connectivity index (χ3n) is 5.03. The Morgan fingerprint density at radius 1 is 0.697 bits per heavy atom. The molecule has 1 amide bonds. The molecule has 0 aromatic heterocycles. The minimum atomic E-state index is -3.74. The van der Waals surface area contributed by atoms with Crippen LogP contribution in [0.4, 0.5) is 0 Å². The molecule has 0 aliphatic heterocycles. The molecule has 0 aliphatic rings. The second kappa shape index (κ2) is 17.8. The van der Waals surface area contributed by atoms with Gasteiger partial charge in [0.05, 0.1) is 5.75 Å². The van der Waals surface area contributed by atoms with Crippen LogP contribution in [0.3, 0.4) is 0 Å². The van der Waals surface area contributed by atoms with E-state index in [-0.39, 0.29) is 31.0 Å². The van der Waals surface area contributed by atoms with E-state index in [1.54, 1.807) is 0 Å². The molecule has 0 atom stereocenters. The number of aliphatic carboxylic acids is 1. The number of rotatable bonds is 20. The smallest absolute Gasteiger partial charge is 0.306 e. The number of hydrogen-bond acceptors (Lipinski definition) is 6. The molecule has 0 bridgehead atoms. The van der Waals surface area contributed by atoms with Gasteiger partial charge in [-0.05, 0) is 40.0 Å². The number of unbranched alkanes of at least 4 members (excludes halogenated alkanes) is 11. The van der Waals surface area contributed by atoms with E-state index in [9.17, 15) is 22.8 Å². The van der Waals surface area contributed by atoms with Crippen molar-refractivity contribution in [2.75, 3.05) is 5.75 Å². The molecule has 0 radical (unpaired) electrons. The highest BCUT2D eigenvalue weighted by atomic mass is 32.2. The second-order valence-electron chi connectivity index (χ2n) is 9.67. The van der Waals surface area contributed by atoms with Crippen LogP contribution in [0, 0.1) is 0 Å². The summed E-state index contributed by atoms with van der Waals surface area (Å²) in [4.78, 5) is 33.7. The van der Waals surface area contributed by atoms with Crippen LogP contribution >= 0.6 is 0 Å². The highest BCUT2D eigenvalue weighted by molar-refractivity contribution is 7.90. The normalized spacial score (nSPS) is 11.8. The zero-order valence-electron chi connectivity index (χ0n) is 20.8. The van der Waals surface area contributed by atoms with E-state index < -0.39 is 27.5 Å². The highest BCUT2D eigenvalue weighted by Gasteiger charge is 2.16. The van der Waals surface area contributed by atoms with Gasteiger partial charge in [-0.15, -0.1) is 0 Å². The van der Waals surface area contributed by atoms with E-state index in [2.05, 4.69) is 0 Å². The van der Waals surface area contributed by atoms with Crippen LogP contribution in [0.1, 0.15) is 124 Å². The van der Waals surface area contributed by atoms with E-state index in [0.29, 0.717) is 12.8 Å². The first kappa shape index (κ1) is 31.4. The summed E-state index contributed by atoms with van der Waals surface area (Å²) >= 11 is 0. The zero-order valence-corrected chi connectivity index (χ0v) is 21.6. The van der Waals surface area contributed by atoms with Crippen LogP contribution in [0.5, 0.6) is 0 Å². The first-order valence-corrected chi connectivity index (χ1v) is 14.0. The number of esters is 1. The number of hydrogen-bond donors (Lipinski definition) is 2. The molecule has 194 valence electrons. The monoisotopic (exact) mass is 491 g/mol. The number of nitrogens with one attached hydrogen (secondary N) is 1. The first-order valence-electron chi connectivity index (χ1n) is 12.4. The van der Waals surface area contributed by atoms with E-state index in [0.717, 1.165) is 38.5 Å². The van der Waals surface area contributed by atoms with Crippen LogP contribution in [0.2, 0.25) is 0 Å². The Balaban J connectivity index is 3.47. The van der Waals surface area contributed by atoms with Gasteiger partial charge in [-0.1, -0.05) is 64.2 Å². The molecule has 2 N–H and O–H groups in total. The lowest BCUT2D eigenvalue weighted by atomic mass is 10.0. The van der Waals surface area contributed by atoms with Crippen molar-refractivity contribution in [2.45, 2.75) is 129 Å². The van der Waals surface area contributed by atoms with Crippen molar-refractivity contribution in [3.8, 4) is 0 Å². The maximum Gasteiger partial charge on any atom is 0.306 e. The Hall–Kier alpha value is -1.64. The third-order valence-corrected chi connectivity index (χ3v) is 6.39. The summed E-state index contributed by atoms with van der Waals surface area (Å²) in [6.07, 6.45) is 13.2. The van der Waals surface area contributed by atoms with Crippen LogP contribution in [-0.4, -0.2) is 42.7 Å². The first-order chi connectivity index (χ1) is 15.4. The summed E-state index contributed by atoms with van der Waals surface area (Å²) in [5, 5.41) is 8.53. The minimum absolute atomic E-state index is 0.00789. The van der Waals surface area contributed by atoms with Crippen molar-refractivity contribution in [3.63, 3.8) is 0 Å². The van der Waals surface area contributed by atoms with Gasteiger partial charge in [-0.3, -0.25) is 19.1 Å². The minimum Gasteiger partial charge on any atom is -0.481 e. The number of carbonyl (C=O) groups excluding carboxylic acids is 2. The Morgan fingerprint density at radius 2 is 1.12 bits per heavy atom. The van der Waals surface area contributed by atoms with Gasteiger partial charge in [0.2, 0.25) is 15.9 Å². The SMILES string of the molecule is CC(C)(C)OC(=O)CCCCCCCCCCCCCCC(=O)NS(=O)(=O)CCCC(=O)O. The standard InChI is InChI=1S/C24H45NO7S/c1-24(2,3)32-23(29)19-15-13-11-9-7-5-4-6-8-10-12-14-17-21(26)25-33(30,31)20-16-18-22(27)28/h4-20H2,1-3H3,(H,25,26)(H,27,28). The molecule has 33 heavy (non-hydrogen) atoms. The zero-order chi connectivity index (χ0) is 25.2. The molecular formula is C24H45NO7S. The molecule has 0 aliphatic carbocycles. The number of carboxylic acid groups (broad SMARTS) is 1. The lowest BCUT2D eigenvalue weighted by molar-refractivity contribution is -0.155. The van der Waals surface area contributed by atoms with Gasteiger partial charge in [0.15, 0.2) is 0 Å². The molecule has 0 aromatic carbocycles. The fourth-order valence-electron chi connectivity index (χ4n) is 3.40. The molecule has 0 rings (SSSR count). The van der Waals surface area contributed by atoms with Gasteiger partial charge in [0, 0.05) is 19.3 Å². The van der Waals surface area contributed by atoms with Crippen molar-refractivity contribution in [3.05, 3.63) is 0 Å². The molecule has 0 saturated carbocycles. The van der Waals surface area contributed by atoms with Gasteiger partial charge >= 0.3 is 11.9 Å². The van der Waals surface area contributed by atoms with E-state index in [1.165, 1.54) is 32.1 Å². The Bertz CT molecular complexity index is 669. The summed E-state index contributed by atoms with van der Waals surface area (Å²) in [6, 6.07) is 0. The molecule has 0 heterocycles. The van der Waals surface area contributed by atoms with Crippen LogP contribution in [-0.2, 0) is 29.1 Å². The summed E-state index contributed by atoms with van der Waals surface area (Å²) in [5.74, 6) is -2.03. The van der Waals surface area contributed by atoms with Crippen LogP contribution < -0.4 is 4.72 Å². The highest BCUT2D eigenvalue weighted by Crippen LogP contribution is 2.14. The predicted octanol–water partition coefficient (Wildman–Crippen LogP) is 5.10. The Labute approximate surface area is 200 Å². The molecule has 0 saturated heterocycles. The average Bonchev–Trinajstić information content (AvgIpc) is 2.65. The average molecular weight is 492 g/mol. The van der Waals surface area contributed by atoms with Gasteiger partial charge in [-0.25, -0.2) is 8.42 Å². The molecular weight excluding hydrogens is 446 g/mol. The van der Waals surface area contributed by atoms with Crippen LogP contribution in [0.25, 0.3) is 0 Å². The lowest BCUT2D eigenvalue weighted by Gasteiger charge is -2.19. The molecule has 9 heteroatoms. The molecule has 0 unspecified atom stereocenters. The topological polar surface area (TPSA) is 127 Å². The van der Waals surface area contributed by atoms with E-state index in [4.69, 9.17) is 9.84 Å². The van der Waals surface area contributed by atoms with Crippen molar-refractivity contribution < 1.29 is 32.6 Å². The molecule has 0 aromatic rings. The second-order valence-corrected chi connectivity index (χ2v) is 11.5. The summed E-state index contributed by atoms with van der Waals surface area (Å²) < 4.78 is 30.7. The summed E-state index contributed by atoms with van der Waals surface area (Å²) in [5.41, 5.74) is -0.402. The van der Waals surface area contributed by atoms with E-state index in [1.807, 2.05) is 25.5 Å². The lowest BCUT2D eigenvalue weighted by Crippen LogP contribution is -2.32. The summed E-state index contributed by atoms with van der Waals surface area (Å²) in [6.45, 7) is 5.65. The molecule has 8 nitrogen and oxygen atoms in total. The van der Waals surface area contributed by atoms with E-state index >= 15 is 0 Å². The van der Waals surface area contributed by atoms with Crippen molar-refractivity contribution in [2.24, 2.45) is 0 Å². The molecule has 0 spiro atoms. The predicted molar refractivity (Wildman–Crippen MR) is 129 cm³/mol. The van der Waals surface area contributed by atoms with Crippen molar-refractivity contribution in [1.82, 2.24) is 4.72 Å². The van der Waals surface area contributed by atoms with Gasteiger partial charge < -0.3 is 9.84 Å². The third kappa shape index (κ3) is 23.3. The molecule has 0 fully saturated rings. The number of carbonyl (C=O) groups is 3. The maximum atomic E-state index is 11.7. The fourth-order valence-corrected chi connectivity index (χ4v) is 4.48. The van der Waals surface area contributed by atoms with Gasteiger partial charge in [0.1, 0.15) is 5.60 Å². The summed E-state index contributed by atoms with van der Waals surface area (Å²) in [7, 11) is -3.74. The van der Waals surface area contributed by atoms with Crippen LogP contribution in [0.15, 0.2) is 0 Å². The number of sulfonamides is 1. The number of amides is 1. The fraction of sp³-hybridized carbons (Fsp3) is 0.875. The number of carboxylic acids is 1. The Morgan fingerprint density at radius 3 is 1.55 bits per heavy atom. The van der Waals surface area contributed by atoms with Gasteiger partial charge in [-0.2, -0.15) is 0 Å². The van der Waals surface area contributed by atoms with Crippen molar-refractivity contribution >= 4 is 27.9 Å². The Kier molecular flexibility index (Phi) is 16.9. The number of ether oxygens (including phenoxy) is 1. The largest absolute Gasteiger partial charge is 0.481 e. The van der Waals surface area contributed by atoms with Gasteiger partial charge in [0.25, 0.3) is 0 Å². The maximum absolute atomic E-state index is 11.7. The quantitative estimate of drug-likeness (QED) is 0.179.